The third kappa shape index (κ3) is 3.98. The molecule has 0 bridgehead atoms. The molecule has 0 aliphatic carbocycles. The Kier molecular flexibility index (Phi) is 5.50. The molecular weight excluding hydrogens is 374 g/mol. The van der Waals surface area contributed by atoms with Crippen LogP contribution in [-0.2, 0) is 0 Å². The highest BCUT2D eigenvalue weighted by Crippen LogP contribution is 2.26. The van der Waals surface area contributed by atoms with Crippen LogP contribution in [0.5, 0.6) is 0 Å². The minimum atomic E-state index is -0.0819. The normalized spacial score (nSPS) is 20.9. The van der Waals surface area contributed by atoms with Gasteiger partial charge in [0.15, 0.2) is 12.1 Å². The molecule has 144 valence electrons. The van der Waals surface area contributed by atoms with Crippen LogP contribution in [0.2, 0.25) is 5.02 Å². The van der Waals surface area contributed by atoms with Gasteiger partial charge in [-0.15, -0.1) is 0 Å². The number of Topliss-reactive ketones (excluding diaryl/α,β-unsaturated/α-hetero) is 1. The summed E-state index contributed by atoms with van der Waals surface area (Å²) >= 11 is 5.93. The molecule has 1 atom stereocenters. The standard InChI is InChI=1S/C21H22ClN5O/c1-26-11-9-19(18-6-10-23-14-24-18)25-21(26)27-12-7-16(8-13-27)20(28)15-2-4-17(22)5-3-15/h2-6,9-11,14,16,21H,7-8,12-13H2,1H3. The van der Waals surface area contributed by atoms with Gasteiger partial charge in [-0.1, -0.05) is 11.6 Å². The van der Waals surface area contributed by atoms with E-state index in [0.29, 0.717) is 5.02 Å². The number of piperidine rings is 1. The molecule has 1 fully saturated rings. The van der Waals surface area contributed by atoms with E-state index in [4.69, 9.17) is 16.6 Å². The van der Waals surface area contributed by atoms with Crippen molar-refractivity contribution >= 4 is 23.1 Å². The summed E-state index contributed by atoms with van der Waals surface area (Å²) in [6.45, 7) is 1.65. The number of rotatable bonds is 4. The SMILES string of the molecule is CN1C=CC(c2ccncn2)=NC1N1CCC(C(=O)c2ccc(Cl)cc2)CC1. The number of carbonyl (C=O) groups excluding carboxylic acids is 1. The zero-order chi connectivity index (χ0) is 19.5. The Bertz CT molecular complexity index is 889. The summed E-state index contributed by atoms with van der Waals surface area (Å²) in [7, 11) is 2.02. The van der Waals surface area contributed by atoms with Crippen molar-refractivity contribution in [3.8, 4) is 0 Å². The second kappa shape index (κ2) is 8.20. The Morgan fingerprint density at radius 3 is 2.57 bits per heavy atom. The Balaban J connectivity index is 1.43. The lowest BCUT2D eigenvalue weighted by atomic mass is 9.89. The van der Waals surface area contributed by atoms with Crippen molar-refractivity contribution in [3.63, 3.8) is 0 Å². The van der Waals surface area contributed by atoms with Gasteiger partial charge in [-0.3, -0.25) is 9.69 Å². The molecule has 1 unspecified atom stereocenters. The molecule has 1 aromatic heterocycles. The van der Waals surface area contributed by atoms with Gasteiger partial charge in [-0.25, -0.2) is 15.0 Å². The number of hydrogen-bond donors (Lipinski definition) is 0. The van der Waals surface area contributed by atoms with Crippen LogP contribution in [0.4, 0.5) is 0 Å². The van der Waals surface area contributed by atoms with E-state index in [0.717, 1.165) is 42.9 Å². The second-order valence-corrected chi connectivity index (χ2v) is 7.55. The number of aliphatic imine (C=N–C) groups is 1. The lowest BCUT2D eigenvalue weighted by Crippen LogP contribution is -2.49. The number of nitrogens with zero attached hydrogens (tertiary/aromatic N) is 5. The summed E-state index contributed by atoms with van der Waals surface area (Å²) in [4.78, 5) is 30.3. The third-order valence-electron chi connectivity index (χ3n) is 5.29. The molecule has 6 nitrogen and oxygen atoms in total. The molecule has 0 radical (unpaired) electrons. The lowest BCUT2D eigenvalue weighted by Gasteiger charge is -2.40. The molecule has 3 heterocycles. The molecule has 1 aromatic carbocycles. The Morgan fingerprint density at radius 1 is 1.14 bits per heavy atom. The third-order valence-corrected chi connectivity index (χ3v) is 5.54. The van der Waals surface area contributed by atoms with E-state index in [1.165, 1.54) is 6.33 Å². The molecule has 4 rings (SSSR count). The number of aromatic nitrogens is 2. The average molecular weight is 396 g/mol. The molecule has 0 saturated carbocycles. The van der Waals surface area contributed by atoms with Crippen molar-refractivity contribution in [1.82, 2.24) is 19.8 Å². The maximum atomic E-state index is 12.8. The van der Waals surface area contributed by atoms with E-state index < -0.39 is 0 Å². The van der Waals surface area contributed by atoms with E-state index in [1.54, 1.807) is 18.3 Å². The lowest BCUT2D eigenvalue weighted by molar-refractivity contribution is 0.0550. The van der Waals surface area contributed by atoms with Gasteiger partial charge < -0.3 is 4.90 Å². The molecule has 0 amide bonds. The smallest absolute Gasteiger partial charge is 0.178 e. The second-order valence-electron chi connectivity index (χ2n) is 7.12. The number of hydrogen-bond acceptors (Lipinski definition) is 6. The number of allylic oxidation sites excluding steroid dienone is 1. The number of ketones is 1. The molecule has 0 spiro atoms. The molecule has 2 aliphatic heterocycles. The summed E-state index contributed by atoms with van der Waals surface area (Å²) < 4.78 is 0. The number of carbonyl (C=O) groups is 1. The van der Waals surface area contributed by atoms with Crippen LogP contribution >= 0.6 is 11.6 Å². The maximum absolute atomic E-state index is 12.8. The van der Waals surface area contributed by atoms with Crippen LogP contribution in [0, 0.1) is 5.92 Å². The summed E-state index contributed by atoms with van der Waals surface area (Å²) in [5.41, 5.74) is 2.41. The van der Waals surface area contributed by atoms with Crippen molar-refractivity contribution in [3.05, 3.63) is 71.4 Å². The molecule has 1 saturated heterocycles. The first-order chi connectivity index (χ1) is 13.6. The van der Waals surface area contributed by atoms with Crippen molar-refractivity contribution in [2.24, 2.45) is 10.9 Å². The van der Waals surface area contributed by atoms with Crippen molar-refractivity contribution in [2.45, 2.75) is 19.1 Å². The van der Waals surface area contributed by atoms with E-state index in [2.05, 4.69) is 19.8 Å². The fourth-order valence-corrected chi connectivity index (χ4v) is 3.83. The van der Waals surface area contributed by atoms with E-state index in [1.807, 2.05) is 37.5 Å². The number of likely N-dealkylation sites (tertiary alicyclic amines) is 1. The average Bonchev–Trinajstić information content (AvgIpc) is 2.75. The summed E-state index contributed by atoms with van der Waals surface area (Å²) in [5.74, 6) is 0.255. The van der Waals surface area contributed by atoms with Gasteiger partial charge in [-0.05, 0) is 49.2 Å². The van der Waals surface area contributed by atoms with Crippen LogP contribution in [0.1, 0.15) is 28.9 Å². The van der Waals surface area contributed by atoms with E-state index in [9.17, 15) is 4.79 Å². The minimum Gasteiger partial charge on any atom is -0.347 e. The Hall–Kier alpha value is -2.57. The van der Waals surface area contributed by atoms with Crippen LogP contribution in [0.3, 0.4) is 0 Å². The van der Waals surface area contributed by atoms with E-state index in [-0.39, 0.29) is 18.0 Å². The van der Waals surface area contributed by atoms with Gasteiger partial charge in [0.05, 0.1) is 11.4 Å². The van der Waals surface area contributed by atoms with Gasteiger partial charge >= 0.3 is 0 Å². The van der Waals surface area contributed by atoms with Crippen molar-refractivity contribution < 1.29 is 4.79 Å². The molecule has 7 heteroatoms. The minimum absolute atomic E-state index is 0.0483. The van der Waals surface area contributed by atoms with Crippen LogP contribution in [0.25, 0.3) is 0 Å². The summed E-state index contributed by atoms with van der Waals surface area (Å²) in [5, 5.41) is 0.650. The van der Waals surface area contributed by atoms with Gasteiger partial charge in [-0.2, -0.15) is 0 Å². The summed E-state index contributed by atoms with van der Waals surface area (Å²) in [6, 6.07) is 9.04. The van der Waals surface area contributed by atoms with Crippen LogP contribution < -0.4 is 0 Å². The Labute approximate surface area is 169 Å². The first kappa shape index (κ1) is 18.8. The highest BCUT2D eigenvalue weighted by Gasteiger charge is 2.31. The predicted molar refractivity (Wildman–Crippen MR) is 109 cm³/mol. The van der Waals surface area contributed by atoms with E-state index >= 15 is 0 Å². The van der Waals surface area contributed by atoms with Crippen molar-refractivity contribution in [1.29, 1.82) is 0 Å². The monoisotopic (exact) mass is 395 g/mol. The predicted octanol–water partition coefficient (Wildman–Crippen LogP) is 3.26. The van der Waals surface area contributed by atoms with Crippen LogP contribution in [0.15, 0.2) is 60.1 Å². The van der Waals surface area contributed by atoms with Gasteiger partial charge in [0, 0.05) is 49.0 Å². The highest BCUT2D eigenvalue weighted by atomic mass is 35.5. The van der Waals surface area contributed by atoms with Crippen LogP contribution in [-0.4, -0.2) is 57.7 Å². The zero-order valence-electron chi connectivity index (χ0n) is 15.7. The van der Waals surface area contributed by atoms with Gasteiger partial charge in [0.2, 0.25) is 0 Å². The topological polar surface area (TPSA) is 61.7 Å². The fourth-order valence-electron chi connectivity index (χ4n) is 3.70. The first-order valence-electron chi connectivity index (χ1n) is 9.40. The quantitative estimate of drug-likeness (QED) is 0.743. The summed E-state index contributed by atoms with van der Waals surface area (Å²) in [6.07, 6.45) is 8.83. The first-order valence-corrected chi connectivity index (χ1v) is 9.78. The number of halogens is 1. The molecule has 2 aromatic rings. The highest BCUT2D eigenvalue weighted by molar-refractivity contribution is 6.30. The Morgan fingerprint density at radius 2 is 1.89 bits per heavy atom. The molecule has 2 aliphatic rings. The van der Waals surface area contributed by atoms with Crippen molar-refractivity contribution in [2.75, 3.05) is 20.1 Å². The maximum Gasteiger partial charge on any atom is 0.178 e. The van der Waals surface area contributed by atoms with Gasteiger partial charge in [0.1, 0.15) is 6.33 Å². The largest absolute Gasteiger partial charge is 0.347 e. The molecule has 0 N–H and O–H groups in total. The fraction of sp³-hybridized carbons (Fsp3) is 0.333. The van der Waals surface area contributed by atoms with Gasteiger partial charge in [0.25, 0.3) is 0 Å². The molecule has 28 heavy (non-hydrogen) atoms. The number of benzene rings is 1. The molecular formula is C21H22ClN5O. The zero-order valence-corrected chi connectivity index (χ0v) is 16.5.